The van der Waals surface area contributed by atoms with Crippen molar-refractivity contribution < 1.29 is 14.6 Å². The van der Waals surface area contributed by atoms with Gasteiger partial charge in [0.1, 0.15) is 5.75 Å². The Morgan fingerprint density at radius 1 is 0.838 bits per heavy atom. The molecule has 0 aliphatic carbocycles. The lowest BCUT2D eigenvalue weighted by molar-refractivity contribution is 0.0951. The van der Waals surface area contributed by atoms with Crippen LogP contribution in [0.15, 0.2) is 104 Å². The number of methoxy groups -OCH3 is 1. The number of piperidine rings is 1. The molecule has 9 aromatic rings. The number of nitrogen functional groups attached to an aromatic ring is 3. The minimum Gasteiger partial charge on any atom is -0.497 e. The Hall–Kier alpha value is -7.90. The van der Waals surface area contributed by atoms with Gasteiger partial charge in [0.15, 0.2) is 34.4 Å². The summed E-state index contributed by atoms with van der Waals surface area (Å²) in [7, 11) is 4.52. The van der Waals surface area contributed by atoms with Gasteiger partial charge in [-0.15, -0.1) is 0 Å². The summed E-state index contributed by atoms with van der Waals surface area (Å²) in [5.41, 5.74) is 28.0. The number of rotatable bonds is 8. The normalized spacial score (nSPS) is 12.3. The molecule has 356 valence electrons. The number of nitrogens with two attached hydrogens (primary N) is 3. The molecule has 1 fully saturated rings. The zero-order chi connectivity index (χ0) is 48.9. The molecule has 1 aliphatic rings. The van der Waals surface area contributed by atoms with Crippen molar-refractivity contribution in [2.24, 2.45) is 7.05 Å². The molecule has 68 heavy (non-hydrogen) atoms. The molecule has 0 bridgehead atoms. The molecule has 0 atom stereocenters. The Bertz CT molecular complexity index is 3050. The molecule has 1 saturated heterocycles. The zero-order valence-electron chi connectivity index (χ0n) is 39.9. The predicted octanol–water partition coefficient (Wildman–Crippen LogP) is 6.47. The van der Waals surface area contributed by atoms with E-state index in [9.17, 15) is 4.79 Å². The van der Waals surface area contributed by atoms with Crippen LogP contribution in [-0.4, -0.2) is 91.2 Å². The number of hydrogen-bond acceptors (Lipinski definition) is 14. The van der Waals surface area contributed by atoms with Crippen molar-refractivity contribution in [2.45, 2.75) is 65.8 Å². The predicted molar refractivity (Wildman–Crippen MR) is 267 cm³/mol. The summed E-state index contributed by atoms with van der Waals surface area (Å²) in [6.07, 6.45) is 18.7. The third-order valence-corrected chi connectivity index (χ3v) is 11.1. The lowest BCUT2D eigenvalue weighted by Crippen LogP contribution is -2.26. The third-order valence-electron chi connectivity index (χ3n) is 11.1. The number of anilines is 3. The molecule has 0 saturated carbocycles. The fourth-order valence-corrected chi connectivity index (χ4v) is 7.63. The summed E-state index contributed by atoms with van der Waals surface area (Å²) in [5.74, 6) is 2.78. The maximum Gasteiger partial charge on any atom is 0.251 e. The monoisotopic (exact) mass is 923 g/mol. The molecule has 0 unspecified atom stereocenters. The van der Waals surface area contributed by atoms with Gasteiger partial charge in [-0.05, 0) is 68.6 Å². The molecule has 1 amide bonds. The Labute approximate surface area is 395 Å². The number of hydrogen-bond donors (Lipinski definition) is 6. The summed E-state index contributed by atoms with van der Waals surface area (Å²) < 4.78 is 12.8. The number of aryl methyl sites for hydroxylation is 2. The van der Waals surface area contributed by atoms with Crippen LogP contribution in [0.5, 0.6) is 5.75 Å². The Morgan fingerprint density at radius 3 is 2.18 bits per heavy atom. The van der Waals surface area contributed by atoms with E-state index in [1.54, 1.807) is 30.4 Å². The van der Waals surface area contributed by atoms with Crippen molar-refractivity contribution in [3.63, 3.8) is 0 Å². The zero-order valence-corrected chi connectivity index (χ0v) is 39.9. The quantitative estimate of drug-likeness (QED) is 0.0955. The van der Waals surface area contributed by atoms with Gasteiger partial charge in [0.05, 0.1) is 48.0 Å². The average Bonchev–Trinajstić information content (AvgIpc) is 4.19. The SMILES string of the molecule is CC.CC(C)c1cn2ccnc(N)c2n1.CO.COc1ccc(CNC(=O)c2cccc(-c3cnc(N)c4nc(C5CCNCC5)cn34)c2)cc1.Cc1nc2c(N)nccn2c1-c1cnn(C)c1. The maximum absolute atomic E-state index is 12.9. The van der Waals surface area contributed by atoms with E-state index in [0.29, 0.717) is 52.7 Å². The number of imidazole rings is 3. The summed E-state index contributed by atoms with van der Waals surface area (Å²) >= 11 is 0. The van der Waals surface area contributed by atoms with E-state index in [1.165, 1.54) is 0 Å². The van der Waals surface area contributed by atoms with Gasteiger partial charge in [0.25, 0.3) is 5.91 Å². The van der Waals surface area contributed by atoms with Crippen LogP contribution in [0.4, 0.5) is 17.5 Å². The first-order valence-electron chi connectivity index (χ1n) is 22.4. The highest BCUT2D eigenvalue weighted by atomic mass is 16.5. The van der Waals surface area contributed by atoms with Gasteiger partial charge in [-0.2, -0.15) is 5.10 Å². The van der Waals surface area contributed by atoms with Crippen LogP contribution in [0, 0.1) is 6.92 Å². The van der Waals surface area contributed by atoms with Crippen molar-refractivity contribution in [1.82, 2.24) is 63.5 Å². The number of aromatic nitrogens is 11. The Balaban J connectivity index is 0.000000185. The minimum atomic E-state index is -0.140. The highest BCUT2D eigenvalue weighted by Gasteiger charge is 2.21. The number of nitrogens with zero attached hydrogens (tertiary/aromatic N) is 11. The van der Waals surface area contributed by atoms with E-state index < -0.39 is 0 Å². The first-order chi connectivity index (χ1) is 33.0. The second-order valence-electron chi connectivity index (χ2n) is 15.8. The Kier molecular flexibility index (Phi) is 16.8. The fourth-order valence-electron chi connectivity index (χ4n) is 7.63. The molecule has 0 spiro atoms. The molecule has 7 aromatic heterocycles. The number of amides is 1. The average molecular weight is 923 g/mol. The third kappa shape index (κ3) is 11.4. The van der Waals surface area contributed by atoms with Crippen LogP contribution in [0.3, 0.4) is 0 Å². The van der Waals surface area contributed by atoms with Crippen LogP contribution in [0.2, 0.25) is 0 Å². The van der Waals surface area contributed by atoms with Gasteiger partial charge in [-0.3, -0.25) is 18.3 Å². The van der Waals surface area contributed by atoms with Gasteiger partial charge >= 0.3 is 0 Å². The van der Waals surface area contributed by atoms with Gasteiger partial charge in [-0.1, -0.05) is 52.0 Å². The molecule has 19 nitrogen and oxygen atoms in total. The van der Waals surface area contributed by atoms with Crippen LogP contribution < -0.4 is 32.6 Å². The molecule has 10 rings (SSSR count). The molecule has 2 aromatic carbocycles. The maximum atomic E-state index is 12.9. The topological polar surface area (TPSA) is 257 Å². The van der Waals surface area contributed by atoms with E-state index in [4.69, 9.17) is 32.0 Å². The van der Waals surface area contributed by atoms with E-state index in [2.05, 4.69) is 60.7 Å². The summed E-state index contributed by atoms with van der Waals surface area (Å²) in [6, 6.07) is 15.2. The second kappa shape index (κ2) is 23.0. The van der Waals surface area contributed by atoms with E-state index >= 15 is 0 Å². The molecular formula is C49H62N16O3. The van der Waals surface area contributed by atoms with Crippen molar-refractivity contribution in [3.8, 4) is 28.3 Å². The highest BCUT2D eigenvalue weighted by Crippen LogP contribution is 2.30. The van der Waals surface area contributed by atoms with Crippen molar-refractivity contribution >= 4 is 40.3 Å². The number of aliphatic hydroxyl groups excluding tert-OH is 1. The number of fused-ring (bicyclic) bond motifs is 3. The molecule has 1 aliphatic heterocycles. The van der Waals surface area contributed by atoms with Crippen LogP contribution >= 0.6 is 0 Å². The first kappa shape index (κ1) is 49.5. The van der Waals surface area contributed by atoms with Crippen LogP contribution in [0.1, 0.15) is 85.4 Å². The molecule has 0 radical (unpaired) electrons. The molecule has 9 N–H and O–H groups in total. The highest BCUT2D eigenvalue weighted by molar-refractivity contribution is 5.95. The summed E-state index contributed by atoms with van der Waals surface area (Å²) in [5, 5.41) is 17.6. The van der Waals surface area contributed by atoms with Crippen LogP contribution in [-0.2, 0) is 13.6 Å². The van der Waals surface area contributed by atoms with E-state index in [-0.39, 0.29) is 5.91 Å². The van der Waals surface area contributed by atoms with Gasteiger partial charge in [0.2, 0.25) is 0 Å². The molecule has 19 heteroatoms. The standard InChI is InChI=1S/C26H28N6O2.C11H12N6.C9H12N4.C2H6.CH4O/c1-34-21-7-5-17(6-8-21)14-30-26(33)20-4-2-3-19(13-20)23-15-29-24(27)25-31-22(16-32(23)25)18-9-11-28-12-10-18;1-7-9(8-5-14-16(2)6-8)17-4-3-13-10(12)11(17)15-7;1-6(2)7-5-13-4-3-11-8(10)9(13)12-7;2*1-2/h2-8,13,15-16,18,28H,9-12,14H2,1H3,(H2,27,29)(H,30,33);3-6H,1-2H3,(H2,12,13);3-6H,1-2H3,(H2,10,11);1-2H3;2H,1H3. The number of aliphatic hydroxyl groups is 1. The van der Waals surface area contributed by atoms with E-state index in [0.717, 1.165) is 89.6 Å². The van der Waals surface area contributed by atoms with Crippen LogP contribution in [0.25, 0.3) is 39.5 Å². The molecular weight excluding hydrogens is 861 g/mol. The first-order valence-corrected chi connectivity index (χ1v) is 22.4. The van der Waals surface area contributed by atoms with Crippen molar-refractivity contribution in [2.75, 3.05) is 44.5 Å². The fraction of sp³-hybridized carbons (Fsp3) is 0.306. The lowest BCUT2D eigenvalue weighted by atomic mass is 9.95. The lowest BCUT2D eigenvalue weighted by Gasteiger charge is -2.20. The summed E-state index contributed by atoms with van der Waals surface area (Å²) in [6.45, 7) is 12.6. The number of carbonyl (C=O) groups is 1. The van der Waals surface area contributed by atoms with Gasteiger partial charge < -0.3 is 42.1 Å². The van der Waals surface area contributed by atoms with Crippen molar-refractivity contribution in [1.29, 1.82) is 0 Å². The second-order valence-corrected chi connectivity index (χ2v) is 15.8. The smallest absolute Gasteiger partial charge is 0.251 e. The number of nitrogens with one attached hydrogen (secondary N) is 2. The largest absolute Gasteiger partial charge is 0.497 e. The van der Waals surface area contributed by atoms with E-state index in [1.807, 2.05) is 121 Å². The number of carbonyl (C=O) groups excluding carboxylic acids is 1. The Morgan fingerprint density at radius 2 is 1.51 bits per heavy atom. The summed E-state index contributed by atoms with van der Waals surface area (Å²) in [4.78, 5) is 38.9. The minimum absolute atomic E-state index is 0.140. The number of ether oxygens (including phenoxy) is 1. The number of benzene rings is 2. The van der Waals surface area contributed by atoms with Gasteiger partial charge in [-0.25, -0.2) is 29.9 Å². The van der Waals surface area contributed by atoms with Gasteiger partial charge in [0, 0.05) is 86.7 Å². The van der Waals surface area contributed by atoms with Crippen molar-refractivity contribution in [3.05, 3.63) is 133 Å². The molecule has 8 heterocycles.